The number of nitrogens with zero attached hydrogens (tertiary/aromatic N) is 2. The van der Waals surface area contributed by atoms with E-state index in [1.54, 1.807) is 24.3 Å². The van der Waals surface area contributed by atoms with Crippen molar-refractivity contribution in [2.75, 3.05) is 18.4 Å². The number of para-hydroxylation sites is 1. The number of benzene rings is 2. The number of hydrogen-bond acceptors (Lipinski definition) is 6. The fourth-order valence-corrected chi connectivity index (χ4v) is 6.12. The summed E-state index contributed by atoms with van der Waals surface area (Å²) in [5, 5.41) is 5.97. The maximum atomic E-state index is 12.7. The first-order valence-corrected chi connectivity index (χ1v) is 12.6. The maximum absolute atomic E-state index is 12.7. The van der Waals surface area contributed by atoms with Gasteiger partial charge in [-0.1, -0.05) is 30.3 Å². The molecule has 7 nitrogen and oxygen atoms in total. The summed E-state index contributed by atoms with van der Waals surface area (Å²) in [4.78, 5) is 17.5. The summed E-state index contributed by atoms with van der Waals surface area (Å²) in [6, 6.07) is 14.2. The monoisotopic (exact) mass is 467 g/mol. The third kappa shape index (κ3) is 3.72. The van der Waals surface area contributed by atoms with E-state index in [0.717, 1.165) is 29.4 Å². The second-order valence-electron chi connectivity index (χ2n) is 7.68. The van der Waals surface area contributed by atoms with Crippen LogP contribution in [0.5, 0.6) is 0 Å². The molecular weight excluding hydrogens is 446 g/mol. The number of amides is 1. The molecular formula is C23H21N3O4S2. The van der Waals surface area contributed by atoms with E-state index in [2.05, 4.69) is 10.3 Å². The van der Waals surface area contributed by atoms with Gasteiger partial charge in [0.2, 0.25) is 10.0 Å². The van der Waals surface area contributed by atoms with E-state index in [1.165, 1.54) is 15.6 Å². The van der Waals surface area contributed by atoms with Crippen LogP contribution in [-0.4, -0.2) is 36.7 Å². The molecule has 1 amide bonds. The van der Waals surface area contributed by atoms with Crippen LogP contribution in [0.15, 0.2) is 63.2 Å². The quantitative estimate of drug-likeness (QED) is 0.451. The first-order valence-electron chi connectivity index (χ1n) is 10.3. The lowest BCUT2D eigenvalue weighted by Gasteiger charge is -2.15. The largest absolute Gasteiger partial charge is 0.451 e. The van der Waals surface area contributed by atoms with Crippen molar-refractivity contribution in [3.8, 4) is 11.3 Å². The minimum Gasteiger partial charge on any atom is -0.451 e. The molecule has 164 valence electrons. The van der Waals surface area contributed by atoms with Gasteiger partial charge in [0.25, 0.3) is 5.91 Å². The van der Waals surface area contributed by atoms with E-state index in [0.29, 0.717) is 29.5 Å². The van der Waals surface area contributed by atoms with Gasteiger partial charge >= 0.3 is 0 Å². The molecule has 0 aliphatic carbocycles. The van der Waals surface area contributed by atoms with Gasteiger partial charge in [-0.2, -0.15) is 4.31 Å². The first-order chi connectivity index (χ1) is 15.4. The molecule has 1 fully saturated rings. The molecule has 2 aromatic carbocycles. The van der Waals surface area contributed by atoms with Crippen LogP contribution in [0.4, 0.5) is 5.13 Å². The number of sulfonamides is 1. The van der Waals surface area contributed by atoms with Crippen molar-refractivity contribution in [3.05, 3.63) is 65.2 Å². The Hall–Kier alpha value is -3.01. The Morgan fingerprint density at radius 1 is 1.09 bits per heavy atom. The predicted molar refractivity (Wildman–Crippen MR) is 124 cm³/mol. The molecule has 1 N–H and O–H groups in total. The van der Waals surface area contributed by atoms with Gasteiger partial charge < -0.3 is 4.42 Å². The Morgan fingerprint density at radius 3 is 2.53 bits per heavy atom. The highest BCUT2D eigenvalue weighted by molar-refractivity contribution is 7.89. The number of aryl methyl sites for hydroxylation is 1. The Bertz CT molecular complexity index is 1400. The summed E-state index contributed by atoms with van der Waals surface area (Å²) in [6.45, 7) is 3.00. The van der Waals surface area contributed by atoms with E-state index in [1.807, 2.05) is 36.6 Å². The number of thiazole rings is 1. The van der Waals surface area contributed by atoms with Gasteiger partial charge in [0, 0.05) is 35.0 Å². The van der Waals surface area contributed by atoms with Gasteiger partial charge in [0.15, 0.2) is 10.9 Å². The van der Waals surface area contributed by atoms with Crippen molar-refractivity contribution < 1.29 is 17.6 Å². The van der Waals surface area contributed by atoms with E-state index < -0.39 is 10.0 Å². The molecule has 1 aliphatic heterocycles. The summed E-state index contributed by atoms with van der Waals surface area (Å²) >= 11 is 1.30. The van der Waals surface area contributed by atoms with E-state index in [4.69, 9.17) is 4.42 Å². The minimum atomic E-state index is -3.45. The van der Waals surface area contributed by atoms with Gasteiger partial charge in [0.05, 0.1) is 10.6 Å². The molecule has 0 atom stereocenters. The number of anilines is 1. The molecule has 1 saturated heterocycles. The number of furan rings is 1. The molecule has 0 radical (unpaired) electrons. The highest BCUT2D eigenvalue weighted by Gasteiger charge is 2.27. The zero-order valence-corrected chi connectivity index (χ0v) is 19.0. The average Bonchev–Trinajstić information content (AvgIpc) is 3.55. The summed E-state index contributed by atoms with van der Waals surface area (Å²) in [7, 11) is -3.45. The standard InChI is InChI=1S/C23H21N3O4S2/c1-15-18-6-2-3-7-20(18)30-21(15)22(27)25-23-24-19(14-31-23)16-8-10-17(11-9-16)32(28,29)26-12-4-5-13-26/h2-3,6-11,14H,4-5,12-13H2,1H3,(H,24,25,27). The number of rotatable bonds is 5. The van der Waals surface area contributed by atoms with Crippen molar-refractivity contribution in [2.45, 2.75) is 24.7 Å². The highest BCUT2D eigenvalue weighted by Crippen LogP contribution is 2.29. The van der Waals surface area contributed by atoms with Crippen molar-refractivity contribution in [1.82, 2.24) is 9.29 Å². The Kier molecular flexibility index (Phi) is 5.32. The maximum Gasteiger partial charge on any atom is 0.293 e. The normalized spacial score (nSPS) is 14.8. The zero-order chi connectivity index (χ0) is 22.3. The van der Waals surface area contributed by atoms with Gasteiger partial charge in [-0.05, 0) is 38.0 Å². The fourth-order valence-electron chi connectivity index (χ4n) is 3.88. The third-order valence-corrected chi connectivity index (χ3v) is 8.30. The van der Waals surface area contributed by atoms with Gasteiger partial charge in [-0.15, -0.1) is 11.3 Å². The van der Waals surface area contributed by atoms with Crippen molar-refractivity contribution in [1.29, 1.82) is 0 Å². The topological polar surface area (TPSA) is 92.5 Å². The lowest BCUT2D eigenvalue weighted by molar-refractivity contribution is 0.0998. The number of aromatic nitrogens is 1. The second kappa shape index (κ2) is 8.16. The predicted octanol–water partition coefficient (Wildman–Crippen LogP) is 4.90. The van der Waals surface area contributed by atoms with Crippen LogP contribution >= 0.6 is 11.3 Å². The van der Waals surface area contributed by atoms with Crippen molar-refractivity contribution in [3.63, 3.8) is 0 Å². The number of carbonyl (C=O) groups is 1. The van der Waals surface area contributed by atoms with Gasteiger partial charge in [0.1, 0.15) is 5.58 Å². The van der Waals surface area contributed by atoms with E-state index in [-0.39, 0.29) is 16.6 Å². The summed E-state index contributed by atoms with van der Waals surface area (Å²) in [6.07, 6.45) is 1.80. The van der Waals surface area contributed by atoms with Crippen LogP contribution in [0.2, 0.25) is 0 Å². The molecule has 0 unspecified atom stereocenters. The fraction of sp³-hybridized carbons (Fsp3) is 0.217. The van der Waals surface area contributed by atoms with Gasteiger partial charge in [-0.3, -0.25) is 10.1 Å². The molecule has 9 heteroatoms. The average molecular weight is 468 g/mol. The second-order valence-corrected chi connectivity index (χ2v) is 10.5. The lowest BCUT2D eigenvalue weighted by Crippen LogP contribution is -2.27. The molecule has 5 rings (SSSR count). The van der Waals surface area contributed by atoms with Crippen LogP contribution in [0.1, 0.15) is 29.0 Å². The number of hydrogen-bond donors (Lipinski definition) is 1. The Morgan fingerprint density at radius 2 is 1.81 bits per heavy atom. The molecule has 3 heterocycles. The van der Waals surface area contributed by atoms with Crippen molar-refractivity contribution in [2.24, 2.45) is 0 Å². The Labute approximate surface area is 189 Å². The first kappa shape index (κ1) is 20.9. The summed E-state index contributed by atoms with van der Waals surface area (Å²) in [5.74, 6) is -0.0916. The highest BCUT2D eigenvalue weighted by atomic mass is 32.2. The SMILES string of the molecule is Cc1c(C(=O)Nc2nc(-c3ccc(S(=O)(=O)N4CCCC4)cc3)cs2)oc2ccccc12. The van der Waals surface area contributed by atoms with Gasteiger partial charge in [-0.25, -0.2) is 13.4 Å². The molecule has 0 spiro atoms. The molecule has 0 bridgehead atoms. The molecule has 4 aromatic rings. The summed E-state index contributed by atoms with van der Waals surface area (Å²) < 4.78 is 32.6. The minimum absolute atomic E-state index is 0.263. The number of carbonyl (C=O) groups excluding carboxylic acids is 1. The van der Waals surface area contributed by atoms with Crippen LogP contribution in [0.25, 0.3) is 22.2 Å². The third-order valence-electron chi connectivity index (χ3n) is 5.63. The molecule has 1 aliphatic rings. The number of fused-ring (bicyclic) bond motifs is 1. The Balaban J connectivity index is 1.33. The number of nitrogens with one attached hydrogen (secondary N) is 1. The van der Waals surface area contributed by atoms with Crippen LogP contribution < -0.4 is 5.32 Å². The van der Waals surface area contributed by atoms with Crippen LogP contribution in [0, 0.1) is 6.92 Å². The molecule has 0 saturated carbocycles. The van der Waals surface area contributed by atoms with Crippen LogP contribution in [0.3, 0.4) is 0 Å². The van der Waals surface area contributed by atoms with E-state index in [9.17, 15) is 13.2 Å². The summed E-state index contributed by atoms with van der Waals surface area (Å²) in [5.41, 5.74) is 2.89. The molecule has 32 heavy (non-hydrogen) atoms. The van der Waals surface area contributed by atoms with E-state index >= 15 is 0 Å². The van der Waals surface area contributed by atoms with Crippen LogP contribution in [-0.2, 0) is 10.0 Å². The molecule has 2 aromatic heterocycles. The van der Waals surface area contributed by atoms with Crippen molar-refractivity contribution >= 4 is 43.4 Å². The zero-order valence-electron chi connectivity index (χ0n) is 17.4. The lowest BCUT2D eigenvalue weighted by atomic mass is 10.1. The smallest absolute Gasteiger partial charge is 0.293 e.